The highest BCUT2D eigenvalue weighted by Gasteiger charge is 2.16. The fourth-order valence-electron chi connectivity index (χ4n) is 6.98. The van der Waals surface area contributed by atoms with E-state index >= 15 is 0 Å². The topological polar surface area (TPSA) is 184 Å². The molecule has 5 aromatic carbocycles. The van der Waals surface area contributed by atoms with Gasteiger partial charge in [-0.1, -0.05) is 31.9 Å². The molecule has 5 aromatic rings. The van der Waals surface area contributed by atoms with E-state index in [0.717, 1.165) is 112 Å². The molecule has 0 heterocycles. The highest BCUT2D eigenvalue weighted by molar-refractivity contribution is 5.95. The van der Waals surface area contributed by atoms with Gasteiger partial charge in [-0.05, 0) is 179 Å². The van der Waals surface area contributed by atoms with Gasteiger partial charge in [-0.3, -0.25) is 5.43 Å². The third kappa shape index (κ3) is 21.0. The van der Waals surface area contributed by atoms with Crippen molar-refractivity contribution in [2.24, 2.45) is 5.10 Å². The van der Waals surface area contributed by atoms with E-state index in [-0.39, 0.29) is 17.1 Å². The first-order valence-corrected chi connectivity index (χ1v) is 24.5. The molecule has 0 unspecified atom stereocenters. The Balaban J connectivity index is 1.19. The number of hydrogen-bond donors (Lipinski definition) is 1. The van der Waals surface area contributed by atoms with Crippen LogP contribution in [0.1, 0.15) is 103 Å². The summed E-state index contributed by atoms with van der Waals surface area (Å²) in [6, 6.07) is 29.6. The van der Waals surface area contributed by atoms with Crippen molar-refractivity contribution in [1.82, 2.24) is 0 Å². The predicted molar refractivity (Wildman–Crippen MR) is 280 cm³/mol. The molecular formula is C58H64N2O13. The Morgan fingerprint density at radius 2 is 0.849 bits per heavy atom. The molecule has 5 rings (SSSR count). The van der Waals surface area contributed by atoms with Crippen molar-refractivity contribution in [3.63, 3.8) is 0 Å². The monoisotopic (exact) mass is 996 g/mol. The van der Waals surface area contributed by atoms with Crippen molar-refractivity contribution in [3.05, 3.63) is 158 Å². The standard InChI is InChI=1S/C58H64N2O13/c1-4-54(61)69-36-16-10-7-13-33-66-49-26-21-44(22-27-49)57(64)72-52-31-32-53(73-58(65)45-23-28-50(29-24-45)67-34-14-8-11-17-37-70-55(62)5-2)47(41-52)42-59-60-48-25-19-43-20-30-51(40-46(43)39-48)68-35-15-9-12-18-38-71-56(63)6-3/h4-6,19-32,39-42,60H,1-3,7-18,33-38H2/b59-42+. The smallest absolute Gasteiger partial charge is 0.343 e. The molecule has 0 radical (unpaired) electrons. The quantitative estimate of drug-likeness (QED) is 0.00781. The van der Waals surface area contributed by atoms with Gasteiger partial charge in [-0.15, -0.1) is 0 Å². The maximum absolute atomic E-state index is 13.5. The van der Waals surface area contributed by atoms with Crippen molar-refractivity contribution >= 4 is 52.5 Å². The summed E-state index contributed by atoms with van der Waals surface area (Å²) in [5, 5.41) is 6.40. The number of carbonyl (C=O) groups excluding carboxylic acids is 5. The van der Waals surface area contributed by atoms with Crippen molar-refractivity contribution in [3.8, 4) is 28.7 Å². The average molecular weight is 997 g/mol. The van der Waals surface area contributed by atoms with E-state index in [9.17, 15) is 24.0 Å². The summed E-state index contributed by atoms with van der Waals surface area (Å²) in [6.07, 6.45) is 15.2. The van der Waals surface area contributed by atoms with Gasteiger partial charge in [0.15, 0.2) is 0 Å². The number of ether oxygens (including phenoxy) is 8. The zero-order valence-corrected chi connectivity index (χ0v) is 41.2. The lowest BCUT2D eigenvalue weighted by Crippen LogP contribution is -2.11. The first-order chi connectivity index (χ1) is 35.6. The van der Waals surface area contributed by atoms with Crippen molar-refractivity contribution < 1.29 is 61.9 Å². The number of fused-ring (bicyclic) bond motifs is 1. The van der Waals surface area contributed by atoms with E-state index in [4.69, 9.17) is 37.9 Å². The maximum atomic E-state index is 13.5. The maximum Gasteiger partial charge on any atom is 0.343 e. The second kappa shape index (κ2) is 31.9. The first kappa shape index (κ1) is 55.7. The van der Waals surface area contributed by atoms with Crippen molar-refractivity contribution in [2.45, 2.75) is 77.0 Å². The van der Waals surface area contributed by atoms with Gasteiger partial charge in [0.2, 0.25) is 0 Å². The lowest BCUT2D eigenvalue weighted by Gasteiger charge is -2.11. The van der Waals surface area contributed by atoms with E-state index < -0.39 is 29.8 Å². The van der Waals surface area contributed by atoms with Gasteiger partial charge in [0.1, 0.15) is 28.7 Å². The van der Waals surface area contributed by atoms with E-state index in [2.05, 4.69) is 30.3 Å². The molecule has 1 N–H and O–H groups in total. The summed E-state index contributed by atoms with van der Waals surface area (Å²) in [5.74, 6) is -0.182. The number of nitrogens with one attached hydrogen (secondary N) is 1. The molecule has 0 atom stereocenters. The molecule has 0 saturated heterocycles. The fourth-order valence-corrected chi connectivity index (χ4v) is 6.98. The molecule has 0 aromatic heterocycles. The minimum atomic E-state index is -0.621. The molecule has 0 saturated carbocycles. The highest BCUT2D eigenvalue weighted by atomic mass is 16.6. The van der Waals surface area contributed by atoms with Crippen LogP contribution >= 0.6 is 0 Å². The molecule has 384 valence electrons. The zero-order chi connectivity index (χ0) is 51.9. The number of carbonyl (C=O) groups is 5. The third-order valence-corrected chi connectivity index (χ3v) is 10.9. The summed E-state index contributed by atoms with van der Waals surface area (Å²) >= 11 is 0. The summed E-state index contributed by atoms with van der Waals surface area (Å²) in [6.45, 7) is 12.8. The van der Waals surface area contributed by atoms with Gasteiger partial charge in [-0.2, -0.15) is 5.10 Å². The van der Waals surface area contributed by atoms with Gasteiger partial charge in [0.05, 0.1) is 62.7 Å². The Morgan fingerprint density at radius 3 is 1.34 bits per heavy atom. The second-order valence-corrected chi connectivity index (χ2v) is 16.5. The molecule has 15 heteroatoms. The number of rotatable bonds is 34. The van der Waals surface area contributed by atoms with Crippen molar-refractivity contribution in [2.75, 3.05) is 45.1 Å². The van der Waals surface area contributed by atoms with Crippen molar-refractivity contribution in [1.29, 1.82) is 0 Å². The van der Waals surface area contributed by atoms with Crippen LogP contribution in [0.2, 0.25) is 0 Å². The predicted octanol–water partition coefficient (Wildman–Crippen LogP) is 11.7. The Hall–Kier alpha value is -8.20. The Morgan fingerprint density at radius 1 is 0.425 bits per heavy atom. The molecule has 0 amide bonds. The Kier molecular flexibility index (Phi) is 24.4. The van der Waals surface area contributed by atoms with Crippen LogP contribution < -0.4 is 29.1 Å². The fraction of sp³-hybridized carbons (Fsp3) is 0.310. The van der Waals surface area contributed by atoms with Gasteiger partial charge >= 0.3 is 29.8 Å². The Bertz CT molecular complexity index is 2630. The van der Waals surface area contributed by atoms with Crippen LogP contribution in [0.3, 0.4) is 0 Å². The van der Waals surface area contributed by atoms with Gasteiger partial charge in [0.25, 0.3) is 0 Å². The first-order valence-electron chi connectivity index (χ1n) is 24.5. The lowest BCUT2D eigenvalue weighted by molar-refractivity contribution is -0.138. The summed E-state index contributed by atoms with van der Waals surface area (Å²) < 4.78 is 44.4. The number of anilines is 1. The number of benzene rings is 5. The molecule has 0 fully saturated rings. The number of nitrogens with zero attached hydrogens (tertiary/aromatic N) is 1. The molecule has 0 aliphatic carbocycles. The Labute approximate surface area is 426 Å². The summed E-state index contributed by atoms with van der Waals surface area (Å²) in [5.41, 5.74) is 4.68. The molecule has 0 spiro atoms. The number of hydrazone groups is 1. The van der Waals surface area contributed by atoms with Gasteiger partial charge in [-0.25, -0.2) is 24.0 Å². The van der Waals surface area contributed by atoms with Crippen LogP contribution in [0.4, 0.5) is 5.69 Å². The normalized spacial score (nSPS) is 10.7. The van der Waals surface area contributed by atoms with E-state index in [1.165, 1.54) is 18.3 Å². The van der Waals surface area contributed by atoms with Crippen LogP contribution in [0.15, 0.2) is 146 Å². The summed E-state index contributed by atoms with van der Waals surface area (Å²) in [7, 11) is 0. The van der Waals surface area contributed by atoms with Crippen LogP contribution in [-0.2, 0) is 28.6 Å². The van der Waals surface area contributed by atoms with Gasteiger partial charge in [0, 0.05) is 23.8 Å². The van der Waals surface area contributed by atoms with Gasteiger partial charge < -0.3 is 37.9 Å². The van der Waals surface area contributed by atoms with Crippen LogP contribution in [0.25, 0.3) is 10.8 Å². The second-order valence-electron chi connectivity index (χ2n) is 16.5. The minimum Gasteiger partial charge on any atom is -0.494 e. The summed E-state index contributed by atoms with van der Waals surface area (Å²) in [4.78, 5) is 60.3. The highest BCUT2D eigenvalue weighted by Crippen LogP contribution is 2.28. The molecular weight excluding hydrogens is 933 g/mol. The lowest BCUT2D eigenvalue weighted by atomic mass is 10.1. The van der Waals surface area contributed by atoms with E-state index in [1.807, 2.05) is 36.4 Å². The largest absolute Gasteiger partial charge is 0.494 e. The SMILES string of the molecule is C=CC(=O)OCCCCCCOc1ccc(C(=O)Oc2ccc(OC(=O)c3ccc(OCCCCCCOC(=O)C=C)cc3)c(/C=N/Nc3ccc4ccc(OCCCCCCOC(=O)C=C)cc4c3)c2)cc1. The zero-order valence-electron chi connectivity index (χ0n) is 41.2. The van der Waals surface area contributed by atoms with E-state index in [1.54, 1.807) is 54.6 Å². The number of unbranched alkanes of at least 4 members (excludes halogenated alkanes) is 9. The average Bonchev–Trinajstić information content (AvgIpc) is 3.41. The molecule has 0 aliphatic rings. The number of hydrogen-bond acceptors (Lipinski definition) is 15. The molecule has 15 nitrogen and oxygen atoms in total. The van der Waals surface area contributed by atoms with Crippen LogP contribution in [0, 0.1) is 0 Å². The van der Waals surface area contributed by atoms with Crippen LogP contribution in [0.5, 0.6) is 28.7 Å². The molecule has 0 aliphatic heterocycles. The van der Waals surface area contributed by atoms with Crippen LogP contribution in [-0.4, -0.2) is 75.7 Å². The minimum absolute atomic E-state index is 0.170. The van der Waals surface area contributed by atoms with E-state index in [0.29, 0.717) is 68.0 Å². The molecule has 73 heavy (non-hydrogen) atoms. The third-order valence-electron chi connectivity index (χ3n) is 10.9. The molecule has 0 bridgehead atoms. The number of esters is 5.